The number of aromatic nitrogens is 2. The number of imidazole rings is 1. The van der Waals surface area contributed by atoms with Crippen LogP contribution in [-0.2, 0) is 6.54 Å². The minimum absolute atomic E-state index is 0.0519. The first-order valence-electron chi connectivity index (χ1n) is 9.18. The van der Waals surface area contributed by atoms with E-state index in [1.165, 1.54) is 32.1 Å². The number of carboxylic acids is 1. The number of nitrogens with zero attached hydrogens (tertiary/aromatic N) is 1. The van der Waals surface area contributed by atoms with Crippen molar-refractivity contribution < 1.29 is 9.90 Å². The number of carboxylic acid groups (broad SMARTS) is 1. The third-order valence-electron chi connectivity index (χ3n) is 5.40. The molecule has 26 heavy (non-hydrogen) atoms. The van der Waals surface area contributed by atoms with Crippen LogP contribution in [0.5, 0.6) is 0 Å². The molecule has 0 spiro atoms. The van der Waals surface area contributed by atoms with Crippen molar-refractivity contribution in [1.82, 2.24) is 9.55 Å². The van der Waals surface area contributed by atoms with E-state index < -0.39 is 5.97 Å². The topological polar surface area (TPSA) is 75.1 Å². The Bertz CT molecular complexity index is 992. The quantitative estimate of drug-likeness (QED) is 0.737. The first kappa shape index (κ1) is 16.6. The van der Waals surface area contributed by atoms with Crippen molar-refractivity contribution in [3.63, 3.8) is 0 Å². The average Bonchev–Trinajstić information content (AvgIpc) is 2.97. The maximum atomic E-state index is 12.4. The number of rotatable bonds is 4. The smallest absolute Gasteiger partial charge is 0.335 e. The van der Waals surface area contributed by atoms with Crippen LogP contribution in [0.25, 0.3) is 22.2 Å². The predicted octanol–water partition coefficient (Wildman–Crippen LogP) is 4.28. The van der Waals surface area contributed by atoms with Gasteiger partial charge in [0.15, 0.2) is 0 Å². The van der Waals surface area contributed by atoms with Crippen LogP contribution >= 0.6 is 0 Å². The van der Waals surface area contributed by atoms with Crippen molar-refractivity contribution in [2.45, 2.75) is 38.6 Å². The summed E-state index contributed by atoms with van der Waals surface area (Å²) in [4.78, 5) is 26.4. The Kier molecular flexibility index (Phi) is 4.37. The second-order valence-electron chi connectivity index (χ2n) is 7.16. The summed E-state index contributed by atoms with van der Waals surface area (Å²) in [7, 11) is 0. The molecule has 1 fully saturated rings. The molecule has 5 nitrogen and oxygen atoms in total. The van der Waals surface area contributed by atoms with E-state index in [1.807, 2.05) is 22.8 Å². The molecule has 1 aliphatic rings. The van der Waals surface area contributed by atoms with Crippen molar-refractivity contribution >= 4 is 17.0 Å². The lowest BCUT2D eigenvalue weighted by molar-refractivity contribution is 0.0697. The summed E-state index contributed by atoms with van der Waals surface area (Å²) in [6.07, 6.45) is 6.24. The lowest BCUT2D eigenvalue weighted by atomic mass is 9.89. The summed E-state index contributed by atoms with van der Waals surface area (Å²) in [6.45, 7) is 0.783. The van der Waals surface area contributed by atoms with Crippen LogP contribution < -0.4 is 5.69 Å². The number of nitrogens with one attached hydrogen (secondary N) is 1. The van der Waals surface area contributed by atoms with Gasteiger partial charge in [0.25, 0.3) is 0 Å². The Morgan fingerprint density at radius 1 is 1.04 bits per heavy atom. The van der Waals surface area contributed by atoms with E-state index in [0.717, 1.165) is 28.7 Å². The zero-order valence-corrected chi connectivity index (χ0v) is 14.6. The van der Waals surface area contributed by atoms with Gasteiger partial charge in [0.1, 0.15) is 0 Å². The molecule has 1 saturated carbocycles. The molecule has 5 heteroatoms. The van der Waals surface area contributed by atoms with Crippen LogP contribution in [-0.4, -0.2) is 20.6 Å². The fraction of sp³-hybridized carbons (Fsp3) is 0.333. The molecule has 2 N–H and O–H groups in total. The molecular weight excluding hydrogens is 328 g/mol. The molecule has 0 unspecified atom stereocenters. The molecule has 0 saturated heterocycles. The molecule has 0 bridgehead atoms. The summed E-state index contributed by atoms with van der Waals surface area (Å²) < 4.78 is 1.86. The van der Waals surface area contributed by atoms with Gasteiger partial charge in [0.05, 0.1) is 16.6 Å². The van der Waals surface area contributed by atoms with Crippen LogP contribution in [0.4, 0.5) is 0 Å². The van der Waals surface area contributed by atoms with Gasteiger partial charge in [0.2, 0.25) is 0 Å². The van der Waals surface area contributed by atoms with Crippen molar-refractivity contribution in [3.05, 3.63) is 58.5 Å². The van der Waals surface area contributed by atoms with Gasteiger partial charge >= 0.3 is 11.7 Å². The molecule has 134 valence electrons. The molecule has 1 heterocycles. The minimum Gasteiger partial charge on any atom is -0.478 e. The van der Waals surface area contributed by atoms with Crippen molar-refractivity contribution in [1.29, 1.82) is 0 Å². The summed E-state index contributed by atoms with van der Waals surface area (Å²) in [5.41, 5.74) is 3.86. The van der Waals surface area contributed by atoms with E-state index in [9.17, 15) is 9.59 Å². The van der Waals surface area contributed by atoms with Gasteiger partial charge < -0.3 is 10.1 Å². The molecule has 3 aromatic rings. The minimum atomic E-state index is -0.934. The normalized spacial score (nSPS) is 15.4. The van der Waals surface area contributed by atoms with Crippen LogP contribution in [0, 0.1) is 5.92 Å². The summed E-state index contributed by atoms with van der Waals surface area (Å²) in [5.74, 6) is -0.347. The largest absolute Gasteiger partial charge is 0.478 e. The summed E-state index contributed by atoms with van der Waals surface area (Å²) in [6, 6.07) is 12.7. The average molecular weight is 350 g/mol. The zero-order chi connectivity index (χ0) is 18.1. The first-order valence-corrected chi connectivity index (χ1v) is 9.18. The highest BCUT2D eigenvalue weighted by molar-refractivity contribution is 5.89. The molecular formula is C21H22N2O3. The molecule has 2 aromatic carbocycles. The summed E-state index contributed by atoms with van der Waals surface area (Å²) in [5, 5.41) is 9.01. The molecule has 0 aliphatic heterocycles. The van der Waals surface area contributed by atoms with Crippen LogP contribution in [0.1, 0.15) is 42.5 Å². The van der Waals surface area contributed by atoms with Crippen molar-refractivity contribution in [2.75, 3.05) is 0 Å². The molecule has 0 amide bonds. The fourth-order valence-electron chi connectivity index (χ4n) is 3.96. The standard InChI is InChI=1S/C21H22N2O3/c24-20(25)16-8-6-15(7-9-16)17-10-11-19-18(12-17)22-21(26)23(19)13-14-4-2-1-3-5-14/h6-12,14H,1-5,13H2,(H,22,26)(H,24,25). The first-order chi connectivity index (χ1) is 12.6. The highest BCUT2D eigenvalue weighted by atomic mass is 16.4. The van der Waals surface area contributed by atoms with Gasteiger partial charge in [-0.3, -0.25) is 4.57 Å². The molecule has 0 radical (unpaired) electrons. The Hall–Kier alpha value is -2.82. The van der Waals surface area contributed by atoms with Crippen LogP contribution in [0.15, 0.2) is 47.3 Å². The molecule has 4 rings (SSSR count). The number of aromatic carboxylic acids is 1. The fourth-order valence-corrected chi connectivity index (χ4v) is 3.96. The number of aromatic amines is 1. The Morgan fingerprint density at radius 3 is 2.42 bits per heavy atom. The third kappa shape index (κ3) is 3.17. The van der Waals surface area contributed by atoms with E-state index in [1.54, 1.807) is 24.3 Å². The monoisotopic (exact) mass is 350 g/mol. The maximum Gasteiger partial charge on any atom is 0.335 e. The lowest BCUT2D eigenvalue weighted by Crippen LogP contribution is -2.22. The number of hydrogen-bond donors (Lipinski definition) is 2. The van der Waals surface area contributed by atoms with Gasteiger partial charge in [-0.25, -0.2) is 9.59 Å². The Labute approximate surface area is 151 Å². The molecule has 1 aliphatic carbocycles. The lowest BCUT2D eigenvalue weighted by Gasteiger charge is -2.21. The number of carbonyl (C=O) groups is 1. The van der Waals surface area contributed by atoms with Gasteiger partial charge in [-0.15, -0.1) is 0 Å². The van der Waals surface area contributed by atoms with E-state index in [0.29, 0.717) is 5.92 Å². The van der Waals surface area contributed by atoms with E-state index in [4.69, 9.17) is 5.11 Å². The third-order valence-corrected chi connectivity index (χ3v) is 5.40. The second-order valence-corrected chi connectivity index (χ2v) is 7.16. The number of benzene rings is 2. The van der Waals surface area contributed by atoms with Crippen molar-refractivity contribution in [2.24, 2.45) is 5.92 Å². The summed E-state index contributed by atoms with van der Waals surface area (Å²) >= 11 is 0. The van der Waals surface area contributed by atoms with Crippen LogP contribution in [0.3, 0.4) is 0 Å². The number of hydrogen-bond acceptors (Lipinski definition) is 2. The number of H-pyrrole nitrogens is 1. The predicted molar refractivity (Wildman–Crippen MR) is 102 cm³/mol. The van der Waals surface area contributed by atoms with Gasteiger partial charge in [0, 0.05) is 6.54 Å². The van der Waals surface area contributed by atoms with Gasteiger partial charge in [-0.2, -0.15) is 0 Å². The van der Waals surface area contributed by atoms with Crippen molar-refractivity contribution in [3.8, 4) is 11.1 Å². The Morgan fingerprint density at radius 2 is 1.73 bits per heavy atom. The molecule has 1 aromatic heterocycles. The molecule has 0 atom stereocenters. The number of fused-ring (bicyclic) bond motifs is 1. The Balaban J connectivity index is 1.65. The highest BCUT2D eigenvalue weighted by Crippen LogP contribution is 2.27. The van der Waals surface area contributed by atoms with E-state index in [-0.39, 0.29) is 11.3 Å². The van der Waals surface area contributed by atoms with Crippen LogP contribution in [0.2, 0.25) is 0 Å². The highest BCUT2D eigenvalue weighted by Gasteiger charge is 2.17. The van der Waals surface area contributed by atoms with E-state index >= 15 is 0 Å². The zero-order valence-electron chi connectivity index (χ0n) is 14.6. The second kappa shape index (κ2) is 6.83. The maximum absolute atomic E-state index is 12.4. The SMILES string of the molecule is O=C(O)c1ccc(-c2ccc3c(c2)[nH]c(=O)n3CC2CCCCC2)cc1. The van der Waals surface area contributed by atoms with Gasteiger partial charge in [-0.1, -0.05) is 37.5 Å². The van der Waals surface area contributed by atoms with E-state index in [2.05, 4.69) is 4.98 Å². The van der Waals surface area contributed by atoms with Gasteiger partial charge in [-0.05, 0) is 54.2 Å².